The van der Waals surface area contributed by atoms with E-state index in [1.54, 1.807) is 44.6 Å². The molecule has 1 aliphatic heterocycles. The minimum atomic E-state index is -1.04. The van der Waals surface area contributed by atoms with Crippen LogP contribution in [0.3, 0.4) is 0 Å². The van der Waals surface area contributed by atoms with Crippen molar-refractivity contribution in [1.29, 1.82) is 0 Å². The summed E-state index contributed by atoms with van der Waals surface area (Å²) >= 11 is 0. The second-order valence-electron chi connectivity index (χ2n) is 7.48. The number of hydrogen-bond donors (Lipinski definition) is 1. The highest BCUT2D eigenvalue weighted by Gasteiger charge is 2.35. The average Bonchev–Trinajstić information content (AvgIpc) is 2.86. The molecule has 0 unspecified atom stereocenters. The first-order valence-electron chi connectivity index (χ1n) is 9.82. The summed E-state index contributed by atoms with van der Waals surface area (Å²) in [5.41, 5.74) is 3.56. The Bertz CT molecular complexity index is 1180. The van der Waals surface area contributed by atoms with Crippen molar-refractivity contribution in [2.24, 2.45) is 0 Å². The molecule has 156 valence electrons. The summed E-state index contributed by atoms with van der Waals surface area (Å²) in [7, 11) is 1.66. The third-order valence-corrected chi connectivity index (χ3v) is 5.55. The van der Waals surface area contributed by atoms with Gasteiger partial charge in [0.25, 0.3) is 5.91 Å². The van der Waals surface area contributed by atoms with E-state index in [4.69, 9.17) is 0 Å². The van der Waals surface area contributed by atoms with Gasteiger partial charge in [-0.2, -0.15) is 0 Å². The van der Waals surface area contributed by atoms with Crippen molar-refractivity contribution in [2.75, 3.05) is 11.9 Å². The minimum Gasteiger partial charge on any atom is -0.478 e. The molecule has 2 heterocycles. The second-order valence-corrected chi connectivity index (χ2v) is 7.48. The second kappa shape index (κ2) is 8.02. The lowest BCUT2D eigenvalue weighted by atomic mass is 10.0. The molecule has 0 fully saturated rings. The van der Waals surface area contributed by atoms with Crippen LogP contribution in [0.2, 0.25) is 0 Å². The van der Waals surface area contributed by atoms with Crippen molar-refractivity contribution in [3.8, 4) is 11.1 Å². The van der Waals surface area contributed by atoms with Gasteiger partial charge in [-0.15, -0.1) is 0 Å². The van der Waals surface area contributed by atoms with E-state index in [9.17, 15) is 19.5 Å². The Morgan fingerprint density at radius 3 is 2.48 bits per heavy atom. The third-order valence-electron chi connectivity index (χ3n) is 5.55. The lowest BCUT2D eigenvalue weighted by Crippen LogP contribution is -2.45. The third kappa shape index (κ3) is 3.77. The number of benzene rings is 2. The molecule has 0 saturated heterocycles. The van der Waals surface area contributed by atoms with Gasteiger partial charge in [0.05, 0.1) is 16.8 Å². The number of fused-ring (bicyclic) bond motifs is 1. The fourth-order valence-corrected chi connectivity index (χ4v) is 3.78. The number of anilines is 1. The molecular weight excluding hydrogens is 394 g/mol. The molecule has 1 N–H and O–H groups in total. The van der Waals surface area contributed by atoms with Gasteiger partial charge in [-0.05, 0) is 60.0 Å². The normalized spacial score (nSPS) is 16.1. The van der Waals surface area contributed by atoms with Crippen molar-refractivity contribution in [2.45, 2.75) is 19.5 Å². The van der Waals surface area contributed by atoms with Crippen molar-refractivity contribution in [3.05, 3.63) is 83.7 Å². The van der Waals surface area contributed by atoms with Gasteiger partial charge >= 0.3 is 5.97 Å². The van der Waals surface area contributed by atoms with E-state index >= 15 is 0 Å². The SMILES string of the molecule is C[C@@H]1C(=O)N(C)c2cc(-c3ccncc3)ccc2C(=O)N1Cc1cccc(C(=O)O)c1. The zero-order valence-corrected chi connectivity index (χ0v) is 17.1. The van der Waals surface area contributed by atoms with E-state index in [1.807, 2.05) is 24.3 Å². The van der Waals surface area contributed by atoms with E-state index < -0.39 is 12.0 Å². The first-order valence-corrected chi connectivity index (χ1v) is 9.82. The number of aromatic carboxylic acids is 1. The van der Waals surface area contributed by atoms with Crippen LogP contribution in [0.1, 0.15) is 33.2 Å². The molecule has 4 rings (SSSR count). The van der Waals surface area contributed by atoms with Gasteiger partial charge in [0, 0.05) is 26.0 Å². The molecule has 0 saturated carbocycles. The number of carbonyl (C=O) groups is 3. The molecule has 1 atom stereocenters. The molecule has 0 bridgehead atoms. The molecule has 2 amide bonds. The Labute approximate surface area is 179 Å². The average molecular weight is 415 g/mol. The van der Waals surface area contributed by atoms with Gasteiger partial charge in [0.2, 0.25) is 5.91 Å². The molecule has 0 radical (unpaired) electrons. The van der Waals surface area contributed by atoms with Crippen LogP contribution in [0.25, 0.3) is 11.1 Å². The Kier molecular flexibility index (Phi) is 5.25. The Morgan fingerprint density at radius 2 is 1.77 bits per heavy atom. The first kappa shape index (κ1) is 20.3. The molecule has 7 nitrogen and oxygen atoms in total. The van der Waals surface area contributed by atoms with Crippen molar-refractivity contribution in [1.82, 2.24) is 9.88 Å². The van der Waals surface area contributed by atoms with Crippen LogP contribution in [0.4, 0.5) is 5.69 Å². The standard InChI is InChI=1S/C24H21N3O4/c1-15-22(28)26(2)21-13-18(17-8-10-25-11-9-17)6-7-20(21)23(29)27(15)14-16-4-3-5-19(12-16)24(30)31/h3-13,15H,14H2,1-2H3,(H,30,31)/t15-/m1/s1. The number of rotatable bonds is 4. The number of likely N-dealkylation sites (N-methyl/N-ethyl adjacent to an activating group) is 1. The van der Waals surface area contributed by atoms with Gasteiger partial charge < -0.3 is 14.9 Å². The van der Waals surface area contributed by atoms with Crippen LogP contribution in [0.15, 0.2) is 67.0 Å². The summed E-state index contributed by atoms with van der Waals surface area (Å²) in [6.45, 7) is 1.82. The lowest BCUT2D eigenvalue weighted by Gasteiger charge is -2.27. The largest absolute Gasteiger partial charge is 0.478 e. The molecule has 3 aromatic rings. The highest BCUT2D eigenvalue weighted by Crippen LogP contribution is 2.32. The molecule has 1 aromatic heterocycles. The molecule has 0 spiro atoms. The number of carboxylic acids is 1. The Hall–Kier alpha value is -4.00. The number of aromatic nitrogens is 1. The van der Waals surface area contributed by atoms with Gasteiger partial charge in [0.1, 0.15) is 6.04 Å². The molecule has 2 aromatic carbocycles. The van der Waals surface area contributed by atoms with Gasteiger partial charge in [-0.3, -0.25) is 14.6 Å². The van der Waals surface area contributed by atoms with Crippen LogP contribution in [0.5, 0.6) is 0 Å². The summed E-state index contributed by atoms with van der Waals surface area (Å²) in [5.74, 6) is -1.53. The monoisotopic (exact) mass is 415 g/mol. The van der Waals surface area contributed by atoms with E-state index in [0.29, 0.717) is 16.8 Å². The van der Waals surface area contributed by atoms with Crippen molar-refractivity contribution in [3.63, 3.8) is 0 Å². The summed E-state index contributed by atoms with van der Waals surface area (Å²) in [5, 5.41) is 9.25. The predicted molar refractivity (Wildman–Crippen MR) is 116 cm³/mol. The first-order chi connectivity index (χ1) is 14.9. The van der Waals surface area contributed by atoms with Gasteiger partial charge in [0.15, 0.2) is 0 Å². The van der Waals surface area contributed by atoms with E-state index in [1.165, 1.54) is 21.9 Å². The highest BCUT2D eigenvalue weighted by atomic mass is 16.4. The van der Waals surface area contributed by atoms with Crippen LogP contribution >= 0.6 is 0 Å². The zero-order valence-electron chi connectivity index (χ0n) is 17.1. The summed E-state index contributed by atoms with van der Waals surface area (Å²) in [6.07, 6.45) is 3.38. The highest BCUT2D eigenvalue weighted by molar-refractivity contribution is 6.11. The predicted octanol–water partition coefficient (Wildman–Crippen LogP) is 3.45. The van der Waals surface area contributed by atoms with Crippen LogP contribution < -0.4 is 4.90 Å². The van der Waals surface area contributed by atoms with Crippen LogP contribution in [-0.2, 0) is 11.3 Å². The fraction of sp³-hybridized carbons (Fsp3) is 0.167. The van der Waals surface area contributed by atoms with Crippen LogP contribution in [0, 0.1) is 0 Å². The quantitative estimate of drug-likeness (QED) is 0.705. The topological polar surface area (TPSA) is 90.8 Å². The fourth-order valence-electron chi connectivity index (χ4n) is 3.78. The maximum absolute atomic E-state index is 13.4. The number of carboxylic acid groups (broad SMARTS) is 1. The molecular formula is C24H21N3O4. The van der Waals surface area contributed by atoms with E-state index in [-0.39, 0.29) is 23.9 Å². The van der Waals surface area contributed by atoms with Gasteiger partial charge in [-0.1, -0.05) is 18.2 Å². The summed E-state index contributed by atoms with van der Waals surface area (Å²) in [6, 6.07) is 14.8. The van der Waals surface area contributed by atoms with Crippen molar-refractivity contribution >= 4 is 23.5 Å². The molecule has 1 aliphatic rings. The summed E-state index contributed by atoms with van der Waals surface area (Å²) in [4.78, 5) is 44.8. The molecule has 7 heteroatoms. The zero-order chi connectivity index (χ0) is 22.1. The number of nitrogens with zero attached hydrogens (tertiary/aromatic N) is 3. The maximum atomic E-state index is 13.4. The molecule has 0 aliphatic carbocycles. The Balaban J connectivity index is 1.74. The minimum absolute atomic E-state index is 0.131. The number of pyridine rings is 1. The Morgan fingerprint density at radius 1 is 1.03 bits per heavy atom. The number of amides is 2. The van der Waals surface area contributed by atoms with E-state index in [2.05, 4.69) is 4.98 Å². The molecule has 31 heavy (non-hydrogen) atoms. The maximum Gasteiger partial charge on any atom is 0.335 e. The smallest absolute Gasteiger partial charge is 0.335 e. The number of carbonyl (C=O) groups excluding carboxylic acids is 2. The van der Waals surface area contributed by atoms with Gasteiger partial charge in [-0.25, -0.2) is 4.79 Å². The number of hydrogen-bond acceptors (Lipinski definition) is 4. The van der Waals surface area contributed by atoms with Crippen molar-refractivity contribution < 1.29 is 19.5 Å². The summed E-state index contributed by atoms with van der Waals surface area (Å²) < 4.78 is 0. The van der Waals surface area contributed by atoms with E-state index in [0.717, 1.165) is 11.1 Å². The van der Waals surface area contributed by atoms with Crippen LogP contribution in [-0.4, -0.2) is 45.9 Å². The lowest BCUT2D eigenvalue weighted by molar-refractivity contribution is -0.122.